The summed E-state index contributed by atoms with van der Waals surface area (Å²) in [7, 11) is 0. The van der Waals surface area contributed by atoms with Gasteiger partial charge in [-0.3, -0.25) is 4.79 Å². The van der Waals surface area contributed by atoms with Crippen molar-refractivity contribution < 1.29 is 9.53 Å². The van der Waals surface area contributed by atoms with Crippen molar-refractivity contribution in [2.45, 2.75) is 19.8 Å². The molecular weight excluding hydrogens is 276 g/mol. The van der Waals surface area contributed by atoms with E-state index in [1.165, 1.54) is 5.56 Å². The van der Waals surface area contributed by atoms with Gasteiger partial charge in [0, 0.05) is 0 Å². The largest absolute Gasteiger partial charge is 0.493 e. The number of hydrogen-bond donors (Lipinski definition) is 1. The minimum absolute atomic E-state index is 0.172. The van der Waals surface area contributed by atoms with Crippen LogP contribution in [-0.2, 0) is 11.2 Å². The van der Waals surface area contributed by atoms with Crippen LogP contribution in [0.1, 0.15) is 24.5 Å². The maximum Gasteiger partial charge on any atom is 0.227 e. The zero-order valence-electron chi connectivity index (χ0n) is 12.5. The molecule has 0 unspecified atom stereocenters. The van der Waals surface area contributed by atoms with Crippen molar-refractivity contribution in [2.75, 3.05) is 11.9 Å². The molecule has 0 aromatic heterocycles. The molecule has 0 radical (unpaired) electrons. The summed E-state index contributed by atoms with van der Waals surface area (Å²) in [6.07, 6.45) is 1.18. The Hall–Kier alpha value is -2.80. The number of carbonyl (C=O) groups excluding carboxylic acids is 1. The zero-order valence-corrected chi connectivity index (χ0v) is 12.5. The Bertz CT molecular complexity index is 689. The van der Waals surface area contributed by atoms with E-state index in [-0.39, 0.29) is 12.3 Å². The van der Waals surface area contributed by atoms with E-state index in [0.29, 0.717) is 17.9 Å². The molecule has 0 saturated carbocycles. The molecule has 0 aliphatic rings. The van der Waals surface area contributed by atoms with Gasteiger partial charge in [-0.05, 0) is 36.2 Å². The van der Waals surface area contributed by atoms with E-state index in [2.05, 4.69) is 12.2 Å². The second kappa shape index (κ2) is 7.84. The molecule has 0 fully saturated rings. The molecule has 0 aliphatic heterocycles. The van der Waals surface area contributed by atoms with E-state index in [9.17, 15) is 4.79 Å². The average Bonchev–Trinajstić information content (AvgIpc) is 2.55. The Morgan fingerprint density at radius 3 is 2.82 bits per heavy atom. The van der Waals surface area contributed by atoms with Crippen LogP contribution in [0.15, 0.2) is 48.5 Å². The second-order valence-corrected chi connectivity index (χ2v) is 4.80. The Morgan fingerprint density at radius 2 is 2.05 bits per heavy atom. The fraction of sp³-hybridized carbons (Fsp3) is 0.222. The first-order valence-electron chi connectivity index (χ1n) is 7.23. The summed E-state index contributed by atoms with van der Waals surface area (Å²) < 4.78 is 5.59. The third-order valence-electron chi connectivity index (χ3n) is 3.23. The van der Waals surface area contributed by atoms with Crippen LogP contribution >= 0.6 is 0 Å². The van der Waals surface area contributed by atoms with E-state index in [1.54, 1.807) is 24.3 Å². The van der Waals surface area contributed by atoms with Gasteiger partial charge in [0.15, 0.2) is 0 Å². The quantitative estimate of drug-likeness (QED) is 0.886. The summed E-state index contributed by atoms with van der Waals surface area (Å²) in [4.78, 5) is 11.9. The molecule has 0 aliphatic carbocycles. The van der Waals surface area contributed by atoms with Gasteiger partial charge in [-0.15, -0.1) is 0 Å². The highest BCUT2D eigenvalue weighted by molar-refractivity contribution is 5.92. The van der Waals surface area contributed by atoms with Crippen LogP contribution < -0.4 is 10.1 Å². The summed E-state index contributed by atoms with van der Waals surface area (Å²) in [6.45, 7) is 2.38. The van der Waals surface area contributed by atoms with E-state index >= 15 is 0 Å². The topological polar surface area (TPSA) is 62.1 Å². The first kappa shape index (κ1) is 15.6. The number of anilines is 1. The van der Waals surface area contributed by atoms with Gasteiger partial charge in [0.05, 0.1) is 24.3 Å². The SMILES string of the molecule is CCc1cccc(OCCC(=O)Nc2ccccc2C#N)c1. The van der Waals surface area contributed by atoms with Crippen molar-refractivity contribution in [3.63, 3.8) is 0 Å². The lowest BCUT2D eigenvalue weighted by molar-refractivity contribution is -0.116. The molecular formula is C18H18N2O2. The number of aryl methyl sites for hydroxylation is 1. The summed E-state index contributed by atoms with van der Waals surface area (Å²) >= 11 is 0. The van der Waals surface area contributed by atoms with Gasteiger partial charge in [-0.2, -0.15) is 5.26 Å². The third-order valence-corrected chi connectivity index (χ3v) is 3.23. The van der Waals surface area contributed by atoms with Crippen LogP contribution in [0, 0.1) is 11.3 Å². The third kappa shape index (κ3) is 4.35. The Labute approximate surface area is 130 Å². The van der Waals surface area contributed by atoms with E-state index in [0.717, 1.165) is 12.2 Å². The maximum atomic E-state index is 11.9. The Balaban J connectivity index is 1.84. The van der Waals surface area contributed by atoms with Gasteiger partial charge in [0.2, 0.25) is 5.91 Å². The fourth-order valence-corrected chi connectivity index (χ4v) is 2.02. The number of benzene rings is 2. The molecule has 0 spiro atoms. The number of ether oxygens (including phenoxy) is 1. The summed E-state index contributed by atoms with van der Waals surface area (Å²) in [6, 6.07) is 16.8. The predicted octanol–water partition coefficient (Wildman–Crippen LogP) is 3.53. The molecule has 22 heavy (non-hydrogen) atoms. The average molecular weight is 294 g/mol. The van der Waals surface area contributed by atoms with Crippen LogP contribution in [0.2, 0.25) is 0 Å². The zero-order chi connectivity index (χ0) is 15.8. The summed E-state index contributed by atoms with van der Waals surface area (Å²) in [5.74, 6) is 0.596. The molecule has 0 heterocycles. The lowest BCUT2D eigenvalue weighted by Crippen LogP contribution is -2.15. The molecule has 1 amide bonds. The van der Waals surface area contributed by atoms with Crippen molar-refractivity contribution in [1.82, 2.24) is 0 Å². The van der Waals surface area contributed by atoms with E-state index < -0.39 is 0 Å². The first-order chi connectivity index (χ1) is 10.7. The lowest BCUT2D eigenvalue weighted by Gasteiger charge is -2.09. The number of nitrogens with one attached hydrogen (secondary N) is 1. The monoisotopic (exact) mass is 294 g/mol. The number of amides is 1. The lowest BCUT2D eigenvalue weighted by atomic mass is 10.2. The highest BCUT2D eigenvalue weighted by atomic mass is 16.5. The first-order valence-corrected chi connectivity index (χ1v) is 7.23. The van der Waals surface area contributed by atoms with E-state index in [4.69, 9.17) is 10.00 Å². The highest BCUT2D eigenvalue weighted by Gasteiger charge is 2.06. The highest BCUT2D eigenvalue weighted by Crippen LogP contribution is 2.15. The normalized spacial score (nSPS) is 9.82. The molecule has 0 saturated heterocycles. The predicted molar refractivity (Wildman–Crippen MR) is 85.7 cm³/mol. The Kier molecular flexibility index (Phi) is 5.56. The smallest absolute Gasteiger partial charge is 0.227 e. The van der Waals surface area contributed by atoms with Crippen molar-refractivity contribution in [2.24, 2.45) is 0 Å². The van der Waals surface area contributed by atoms with Gasteiger partial charge in [0.1, 0.15) is 11.8 Å². The minimum atomic E-state index is -0.172. The minimum Gasteiger partial charge on any atom is -0.493 e. The molecule has 0 atom stereocenters. The van der Waals surface area contributed by atoms with Crippen LogP contribution in [0.25, 0.3) is 0 Å². The molecule has 2 aromatic rings. The van der Waals surface area contributed by atoms with Crippen LogP contribution in [0.3, 0.4) is 0 Å². The maximum absolute atomic E-state index is 11.9. The number of para-hydroxylation sites is 1. The van der Waals surface area contributed by atoms with Crippen molar-refractivity contribution in [1.29, 1.82) is 5.26 Å². The molecule has 4 nitrogen and oxygen atoms in total. The van der Waals surface area contributed by atoms with Gasteiger partial charge >= 0.3 is 0 Å². The molecule has 4 heteroatoms. The van der Waals surface area contributed by atoms with Crippen molar-refractivity contribution >= 4 is 11.6 Å². The number of carbonyl (C=O) groups is 1. The van der Waals surface area contributed by atoms with E-state index in [1.807, 2.05) is 30.3 Å². The Morgan fingerprint density at radius 1 is 1.23 bits per heavy atom. The number of nitrogens with zero attached hydrogens (tertiary/aromatic N) is 1. The van der Waals surface area contributed by atoms with Gasteiger partial charge in [0.25, 0.3) is 0 Å². The molecule has 2 rings (SSSR count). The molecule has 2 aromatic carbocycles. The van der Waals surface area contributed by atoms with Crippen molar-refractivity contribution in [3.8, 4) is 11.8 Å². The second-order valence-electron chi connectivity index (χ2n) is 4.80. The molecule has 112 valence electrons. The number of hydrogen-bond acceptors (Lipinski definition) is 3. The summed E-state index contributed by atoms with van der Waals surface area (Å²) in [5, 5.41) is 11.7. The van der Waals surface area contributed by atoms with Crippen molar-refractivity contribution in [3.05, 3.63) is 59.7 Å². The number of nitriles is 1. The van der Waals surface area contributed by atoms with Crippen LogP contribution in [0.5, 0.6) is 5.75 Å². The van der Waals surface area contributed by atoms with Crippen LogP contribution in [-0.4, -0.2) is 12.5 Å². The van der Waals surface area contributed by atoms with Gasteiger partial charge in [-0.1, -0.05) is 31.2 Å². The van der Waals surface area contributed by atoms with Gasteiger partial charge in [-0.25, -0.2) is 0 Å². The fourth-order valence-electron chi connectivity index (χ4n) is 2.02. The molecule has 0 bridgehead atoms. The molecule has 1 N–H and O–H groups in total. The number of rotatable bonds is 6. The van der Waals surface area contributed by atoms with Gasteiger partial charge < -0.3 is 10.1 Å². The summed E-state index contributed by atoms with van der Waals surface area (Å²) in [5.41, 5.74) is 2.18. The van der Waals surface area contributed by atoms with Crippen LogP contribution in [0.4, 0.5) is 5.69 Å². The standard InChI is InChI=1S/C18H18N2O2/c1-2-14-6-5-8-16(12-14)22-11-10-18(21)20-17-9-4-3-7-15(17)13-19/h3-9,12H,2,10-11H2,1H3,(H,20,21).